The minimum absolute atomic E-state index is 1.23. The minimum Gasteiger partial charge on any atom is -0.0622 e. The summed E-state index contributed by atoms with van der Waals surface area (Å²) in [6.45, 7) is 0. The van der Waals surface area contributed by atoms with Crippen molar-refractivity contribution in [2.75, 3.05) is 0 Å². The van der Waals surface area contributed by atoms with Crippen molar-refractivity contribution in [2.45, 2.75) is 0 Å². The number of fused-ring (bicyclic) bond motifs is 5. The molecule has 0 N–H and O–H groups in total. The highest BCUT2D eigenvalue weighted by Gasteiger charge is 2.19. The van der Waals surface area contributed by atoms with Gasteiger partial charge in [0, 0.05) is 0 Å². The van der Waals surface area contributed by atoms with Gasteiger partial charge >= 0.3 is 0 Å². The molecule has 0 aromatic heterocycles. The topological polar surface area (TPSA) is 0 Å². The molecule has 0 amide bonds. The molecule has 8 aromatic rings. The van der Waals surface area contributed by atoms with E-state index in [0.717, 1.165) is 0 Å². The van der Waals surface area contributed by atoms with E-state index in [1.807, 2.05) is 0 Å². The zero-order chi connectivity index (χ0) is 26.5. The van der Waals surface area contributed by atoms with Gasteiger partial charge in [-0.2, -0.15) is 0 Å². The summed E-state index contributed by atoms with van der Waals surface area (Å²) in [5, 5.41) is 10.2. The molecule has 0 unspecified atom stereocenters. The minimum atomic E-state index is 1.23. The van der Waals surface area contributed by atoms with E-state index < -0.39 is 0 Å². The summed E-state index contributed by atoms with van der Waals surface area (Å²) in [5.41, 5.74) is 7.58. The fraction of sp³-hybridized carbons (Fsp3) is 0. The van der Waals surface area contributed by atoms with Crippen LogP contribution in [-0.2, 0) is 0 Å². The highest BCUT2D eigenvalue weighted by atomic mass is 14.2. The van der Waals surface area contributed by atoms with Crippen molar-refractivity contribution in [3.8, 4) is 33.4 Å². The van der Waals surface area contributed by atoms with Gasteiger partial charge in [0.1, 0.15) is 0 Å². The van der Waals surface area contributed by atoms with Crippen LogP contribution in [-0.4, -0.2) is 0 Å². The normalized spacial score (nSPS) is 11.5. The smallest absolute Gasteiger partial charge is 0.00201 e. The van der Waals surface area contributed by atoms with Crippen LogP contribution in [0.25, 0.3) is 76.5 Å². The van der Waals surface area contributed by atoms with E-state index in [4.69, 9.17) is 0 Å². The summed E-state index contributed by atoms with van der Waals surface area (Å²) in [4.78, 5) is 0. The Hall–Kier alpha value is -5.20. The standard InChI is InChI=1S/C40H26/c1-2-12-27(13-3-1)31-15-6-7-17-33(31)40-36-20-10-8-18-34(36)39(35-19-9-11-21-37(35)40)30-25-24-29-23-22-28-14-4-5-16-32(28)38(29)26-30/h1-26H. The lowest BCUT2D eigenvalue weighted by Gasteiger charge is -2.20. The molecule has 0 nitrogen and oxygen atoms in total. The van der Waals surface area contributed by atoms with Gasteiger partial charge in [-0.25, -0.2) is 0 Å². The van der Waals surface area contributed by atoms with Crippen LogP contribution in [0.5, 0.6) is 0 Å². The average Bonchev–Trinajstić information content (AvgIpc) is 3.04. The summed E-state index contributed by atoms with van der Waals surface area (Å²) >= 11 is 0. The summed E-state index contributed by atoms with van der Waals surface area (Å²) in [6, 6.07) is 57.5. The second-order valence-corrected chi connectivity index (χ2v) is 10.5. The van der Waals surface area contributed by atoms with Gasteiger partial charge in [0.2, 0.25) is 0 Å². The fourth-order valence-corrected chi connectivity index (χ4v) is 6.46. The molecular formula is C40H26. The van der Waals surface area contributed by atoms with Crippen molar-refractivity contribution in [3.63, 3.8) is 0 Å². The van der Waals surface area contributed by atoms with Crippen molar-refractivity contribution in [3.05, 3.63) is 158 Å². The lowest BCUT2D eigenvalue weighted by molar-refractivity contribution is 1.61. The molecule has 0 aliphatic rings. The van der Waals surface area contributed by atoms with Crippen LogP contribution in [0, 0.1) is 0 Å². The molecule has 8 aromatic carbocycles. The first-order valence-electron chi connectivity index (χ1n) is 13.9. The SMILES string of the molecule is c1ccc(-c2ccccc2-c2c3ccccc3c(-c3ccc4ccc5ccccc5c4c3)c3ccccc23)cc1. The van der Waals surface area contributed by atoms with Crippen molar-refractivity contribution >= 4 is 43.1 Å². The molecule has 0 heterocycles. The third-order valence-electron chi connectivity index (χ3n) is 8.25. The Balaban J connectivity index is 1.49. The largest absolute Gasteiger partial charge is 0.0622 e. The number of hydrogen-bond acceptors (Lipinski definition) is 0. The summed E-state index contributed by atoms with van der Waals surface area (Å²) in [5.74, 6) is 0. The van der Waals surface area contributed by atoms with Crippen LogP contribution in [0.1, 0.15) is 0 Å². The van der Waals surface area contributed by atoms with E-state index in [-0.39, 0.29) is 0 Å². The molecule has 0 saturated heterocycles. The summed E-state index contributed by atoms with van der Waals surface area (Å²) < 4.78 is 0. The van der Waals surface area contributed by atoms with E-state index in [1.165, 1.54) is 76.5 Å². The maximum absolute atomic E-state index is 2.39. The van der Waals surface area contributed by atoms with Crippen molar-refractivity contribution in [2.24, 2.45) is 0 Å². The van der Waals surface area contributed by atoms with Gasteiger partial charge in [-0.15, -0.1) is 0 Å². The monoisotopic (exact) mass is 506 g/mol. The molecule has 0 aliphatic heterocycles. The average molecular weight is 507 g/mol. The van der Waals surface area contributed by atoms with E-state index in [0.29, 0.717) is 0 Å². The molecule has 8 rings (SSSR count). The fourth-order valence-electron chi connectivity index (χ4n) is 6.46. The molecule has 0 saturated carbocycles. The summed E-state index contributed by atoms with van der Waals surface area (Å²) in [7, 11) is 0. The van der Waals surface area contributed by atoms with E-state index in [2.05, 4.69) is 158 Å². The van der Waals surface area contributed by atoms with Gasteiger partial charge in [0.05, 0.1) is 0 Å². The van der Waals surface area contributed by atoms with E-state index in [1.54, 1.807) is 0 Å². The van der Waals surface area contributed by atoms with Crippen LogP contribution in [0.2, 0.25) is 0 Å². The molecular weight excluding hydrogens is 480 g/mol. The van der Waals surface area contributed by atoms with Gasteiger partial charge in [-0.3, -0.25) is 0 Å². The lowest BCUT2D eigenvalue weighted by Crippen LogP contribution is -1.92. The van der Waals surface area contributed by atoms with Crippen LogP contribution in [0.4, 0.5) is 0 Å². The summed E-state index contributed by atoms with van der Waals surface area (Å²) in [6.07, 6.45) is 0. The lowest BCUT2D eigenvalue weighted by atomic mass is 9.83. The molecule has 0 atom stereocenters. The first-order valence-corrected chi connectivity index (χ1v) is 13.9. The van der Waals surface area contributed by atoms with Gasteiger partial charge in [-0.05, 0) is 82.5 Å². The predicted molar refractivity (Wildman–Crippen MR) is 173 cm³/mol. The second-order valence-electron chi connectivity index (χ2n) is 10.5. The van der Waals surface area contributed by atoms with Gasteiger partial charge in [0.25, 0.3) is 0 Å². The van der Waals surface area contributed by atoms with Crippen LogP contribution in [0.3, 0.4) is 0 Å². The molecule has 0 aliphatic carbocycles. The molecule has 0 spiro atoms. The molecule has 0 bridgehead atoms. The molecule has 0 radical (unpaired) electrons. The Morgan fingerprint density at radius 2 is 0.725 bits per heavy atom. The first-order chi connectivity index (χ1) is 19.9. The number of hydrogen-bond donors (Lipinski definition) is 0. The second kappa shape index (κ2) is 9.22. The van der Waals surface area contributed by atoms with Gasteiger partial charge in [0.15, 0.2) is 0 Å². The Labute approximate surface area is 233 Å². The number of benzene rings is 8. The maximum atomic E-state index is 2.39. The zero-order valence-corrected chi connectivity index (χ0v) is 22.0. The Morgan fingerprint density at radius 1 is 0.250 bits per heavy atom. The highest BCUT2D eigenvalue weighted by molar-refractivity contribution is 6.23. The third kappa shape index (κ3) is 3.54. The van der Waals surface area contributed by atoms with E-state index in [9.17, 15) is 0 Å². The maximum Gasteiger partial charge on any atom is -0.00201 e. The van der Waals surface area contributed by atoms with E-state index >= 15 is 0 Å². The van der Waals surface area contributed by atoms with Crippen LogP contribution in [0.15, 0.2) is 158 Å². The van der Waals surface area contributed by atoms with Gasteiger partial charge in [-0.1, -0.05) is 152 Å². The Morgan fingerprint density at radius 3 is 1.40 bits per heavy atom. The predicted octanol–water partition coefficient (Wildman–Crippen LogP) is 11.3. The van der Waals surface area contributed by atoms with Crippen molar-refractivity contribution < 1.29 is 0 Å². The molecule has 0 heteroatoms. The quantitative estimate of drug-likeness (QED) is 0.165. The number of rotatable bonds is 3. The first kappa shape index (κ1) is 22.8. The van der Waals surface area contributed by atoms with Crippen LogP contribution >= 0.6 is 0 Å². The van der Waals surface area contributed by atoms with Crippen LogP contribution < -0.4 is 0 Å². The third-order valence-corrected chi connectivity index (χ3v) is 8.25. The Bertz CT molecular complexity index is 2150. The van der Waals surface area contributed by atoms with Crippen molar-refractivity contribution in [1.29, 1.82) is 0 Å². The molecule has 0 fully saturated rings. The Kier molecular flexibility index (Phi) is 5.24. The van der Waals surface area contributed by atoms with Crippen molar-refractivity contribution in [1.82, 2.24) is 0 Å². The highest BCUT2D eigenvalue weighted by Crippen LogP contribution is 2.46. The van der Waals surface area contributed by atoms with Gasteiger partial charge < -0.3 is 0 Å². The zero-order valence-electron chi connectivity index (χ0n) is 22.0. The molecule has 40 heavy (non-hydrogen) atoms. The molecule has 186 valence electrons.